The number of ketones is 1. The Balaban J connectivity index is 1.66. The van der Waals surface area contributed by atoms with E-state index < -0.39 is 0 Å². The van der Waals surface area contributed by atoms with Crippen molar-refractivity contribution in [3.63, 3.8) is 0 Å². The summed E-state index contributed by atoms with van der Waals surface area (Å²) in [5.74, 6) is 0.0983. The number of pyridine rings is 1. The highest BCUT2D eigenvalue weighted by atomic mass is 32.1. The van der Waals surface area contributed by atoms with Gasteiger partial charge in [0.05, 0.1) is 17.1 Å². The van der Waals surface area contributed by atoms with Crippen LogP contribution in [-0.4, -0.2) is 40.7 Å². The predicted molar refractivity (Wildman–Crippen MR) is 103 cm³/mol. The Morgan fingerprint density at radius 2 is 2.08 bits per heavy atom. The molecule has 0 spiro atoms. The number of amides is 1. The minimum Gasteiger partial charge on any atom is -0.334 e. The van der Waals surface area contributed by atoms with Crippen LogP contribution in [-0.2, 0) is 11.3 Å². The summed E-state index contributed by atoms with van der Waals surface area (Å²) in [7, 11) is 0. The van der Waals surface area contributed by atoms with Crippen molar-refractivity contribution in [2.75, 3.05) is 13.1 Å². The SMILES string of the molecule is O=C(CCC(=O)N(Cc1ccccn1)C1CCCNCC1)c1cccs1. The molecule has 1 unspecified atom stereocenters. The van der Waals surface area contributed by atoms with Crippen LogP contribution in [0.1, 0.15) is 47.5 Å². The Kier molecular flexibility index (Phi) is 6.91. The van der Waals surface area contributed by atoms with Crippen LogP contribution in [0.15, 0.2) is 41.9 Å². The molecule has 0 saturated carbocycles. The van der Waals surface area contributed by atoms with Gasteiger partial charge in [-0.1, -0.05) is 12.1 Å². The van der Waals surface area contributed by atoms with Gasteiger partial charge in [-0.3, -0.25) is 14.6 Å². The fraction of sp³-hybridized carbons (Fsp3) is 0.450. The zero-order chi connectivity index (χ0) is 18.2. The van der Waals surface area contributed by atoms with Crippen LogP contribution in [0.25, 0.3) is 0 Å². The second-order valence-corrected chi connectivity index (χ2v) is 7.53. The first-order valence-electron chi connectivity index (χ1n) is 9.21. The summed E-state index contributed by atoms with van der Waals surface area (Å²) in [6.07, 6.45) is 5.27. The molecule has 2 aromatic heterocycles. The van der Waals surface area contributed by atoms with E-state index in [1.807, 2.05) is 40.6 Å². The summed E-state index contributed by atoms with van der Waals surface area (Å²) in [6.45, 7) is 2.43. The molecule has 3 heterocycles. The van der Waals surface area contributed by atoms with E-state index in [-0.39, 0.29) is 30.6 Å². The highest BCUT2D eigenvalue weighted by Crippen LogP contribution is 2.19. The molecule has 1 atom stereocenters. The Labute approximate surface area is 158 Å². The lowest BCUT2D eigenvalue weighted by Gasteiger charge is -2.31. The predicted octanol–water partition coefficient (Wildman–Crippen LogP) is 3.28. The molecule has 2 aromatic rings. The molecule has 6 heteroatoms. The summed E-state index contributed by atoms with van der Waals surface area (Å²) < 4.78 is 0. The highest BCUT2D eigenvalue weighted by molar-refractivity contribution is 7.12. The highest BCUT2D eigenvalue weighted by Gasteiger charge is 2.25. The second kappa shape index (κ2) is 9.59. The van der Waals surface area contributed by atoms with Gasteiger partial charge in [0, 0.05) is 25.1 Å². The maximum absolute atomic E-state index is 13.0. The van der Waals surface area contributed by atoms with Crippen LogP contribution < -0.4 is 5.32 Å². The molecular formula is C20H25N3O2S. The fourth-order valence-electron chi connectivity index (χ4n) is 3.32. The number of nitrogens with one attached hydrogen (secondary N) is 1. The molecule has 1 saturated heterocycles. The zero-order valence-corrected chi connectivity index (χ0v) is 15.7. The molecule has 1 aliphatic heterocycles. The monoisotopic (exact) mass is 371 g/mol. The van der Waals surface area contributed by atoms with Crippen molar-refractivity contribution >= 4 is 23.0 Å². The molecule has 5 nitrogen and oxygen atoms in total. The van der Waals surface area contributed by atoms with Gasteiger partial charge < -0.3 is 10.2 Å². The summed E-state index contributed by atoms with van der Waals surface area (Å²) in [5, 5.41) is 5.29. The quantitative estimate of drug-likeness (QED) is 0.759. The molecular weight excluding hydrogens is 346 g/mol. The van der Waals surface area contributed by atoms with Crippen LogP contribution in [0.2, 0.25) is 0 Å². The van der Waals surface area contributed by atoms with Crippen molar-refractivity contribution in [1.82, 2.24) is 15.2 Å². The topological polar surface area (TPSA) is 62.3 Å². The fourth-order valence-corrected chi connectivity index (χ4v) is 4.02. The van der Waals surface area contributed by atoms with Gasteiger partial charge in [-0.2, -0.15) is 0 Å². The lowest BCUT2D eigenvalue weighted by Crippen LogP contribution is -2.40. The normalized spacial score (nSPS) is 17.5. The van der Waals surface area contributed by atoms with Gasteiger partial charge in [0.1, 0.15) is 0 Å². The van der Waals surface area contributed by atoms with Crippen LogP contribution >= 0.6 is 11.3 Å². The third-order valence-corrected chi connectivity index (χ3v) is 5.64. The first kappa shape index (κ1) is 18.7. The van der Waals surface area contributed by atoms with Crippen molar-refractivity contribution in [1.29, 1.82) is 0 Å². The van der Waals surface area contributed by atoms with Crippen LogP contribution in [0.5, 0.6) is 0 Å². The molecule has 1 aliphatic rings. The van der Waals surface area contributed by atoms with Crippen molar-refractivity contribution < 1.29 is 9.59 Å². The molecule has 3 rings (SSSR count). The molecule has 0 aromatic carbocycles. The maximum Gasteiger partial charge on any atom is 0.223 e. The Morgan fingerprint density at radius 1 is 1.15 bits per heavy atom. The van der Waals surface area contributed by atoms with Gasteiger partial charge in [0.2, 0.25) is 5.91 Å². The minimum absolute atomic E-state index is 0.0486. The number of carbonyl (C=O) groups is 2. The van der Waals surface area contributed by atoms with Gasteiger partial charge in [-0.25, -0.2) is 0 Å². The van der Waals surface area contributed by atoms with Gasteiger partial charge in [-0.05, 0) is 55.9 Å². The van der Waals surface area contributed by atoms with Gasteiger partial charge in [-0.15, -0.1) is 11.3 Å². The number of thiophene rings is 1. The Morgan fingerprint density at radius 3 is 2.85 bits per heavy atom. The number of aromatic nitrogens is 1. The number of hydrogen-bond donors (Lipinski definition) is 1. The van der Waals surface area contributed by atoms with E-state index in [1.165, 1.54) is 11.3 Å². The van der Waals surface area contributed by atoms with Crippen molar-refractivity contribution in [3.8, 4) is 0 Å². The largest absolute Gasteiger partial charge is 0.334 e. The van der Waals surface area contributed by atoms with E-state index in [1.54, 1.807) is 6.20 Å². The third kappa shape index (κ3) is 5.22. The number of nitrogens with zero attached hydrogens (tertiary/aromatic N) is 2. The number of hydrogen-bond acceptors (Lipinski definition) is 5. The number of rotatable bonds is 7. The maximum atomic E-state index is 13.0. The van der Waals surface area contributed by atoms with Crippen molar-refractivity contribution in [2.24, 2.45) is 0 Å². The van der Waals surface area contributed by atoms with Gasteiger partial charge >= 0.3 is 0 Å². The molecule has 0 bridgehead atoms. The number of carbonyl (C=O) groups excluding carboxylic acids is 2. The Bertz CT molecular complexity index is 695. The van der Waals surface area contributed by atoms with E-state index in [9.17, 15) is 9.59 Å². The first-order chi connectivity index (χ1) is 12.7. The minimum atomic E-state index is 0.0486. The molecule has 1 amide bonds. The average molecular weight is 372 g/mol. The summed E-state index contributed by atoms with van der Waals surface area (Å²) >= 11 is 1.43. The van der Waals surface area contributed by atoms with Gasteiger partial charge in [0.25, 0.3) is 0 Å². The summed E-state index contributed by atoms with van der Waals surface area (Å²) in [4.78, 5) is 32.3. The molecule has 0 radical (unpaired) electrons. The lowest BCUT2D eigenvalue weighted by atomic mass is 10.1. The molecule has 0 aliphatic carbocycles. The summed E-state index contributed by atoms with van der Waals surface area (Å²) in [6, 6.07) is 9.67. The van der Waals surface area contributed by atoms with Crippen LogP contribution in [0.3, 0.4) is 0 Å². The van der Waals surface area contributed by atoms with Crippen molar-refractivity contribution in [3.05, 3.63) is 52.5 Å². The Hall–Kier alpha value is -2.05. The van der Waals surface area contributed by atoms with E-state index >= 15 is 0 Å². The van der Waals surface area contributed by atoms with Crippen LogP contribution in [0.4, 0.5) is 0 Å². The second-order valence-electron chi connectivity index (χ2n) is 6.58. The van der Waals surface area contributed by atoms with E-state index in [0.717, 1.165) is 42.9 Å². The molecule has 1 N–H and O–H groups in total. The third-order valence-electron chi connectivity index (χ3n) is 4.73. The van der Waals surface area contributed by atoms with E-state index in [4.69, 9.17) is 0 Å². The van der Waals surface area contributed by atoms with Crippen LogP contribution in [0, 0.1) is 0 Å². The van der Waals surface area contributed by atoms with Gasteiger partial charge in [0.15, 0.2) is 5.78 Å². The zero-order valence-electron chi connectivity index (χ0n) is 14.9. The lowest BCUT2D eigenvalue weighted by molar-refractivity contribution is -0.134. The van der Waals surface area contributed by atoms with E-state index in [2.05, 4.69) is 10.3 Å². The number of Topliss-reactive ketones (excluding diaryl/α,β-unsaturated/α-hetero) is 1. The smallest absolute Gasteiger partial charge is 0.223 e. The standard InChI is InChI=1S/C20H25N3O2S/c24-18(19-7-4-14-26-19)8-9-20(25)23(15-16-5-1-2-12-22-16)17-6-3-11-21-13-10-17/h1-2,4-5,7,12,14,17,21H,3,6,8-11,13,15H2. The van der Waals surface area contributed by atoms with E-state index in [0.29, 0.717) is 6.54 Å². The molecule has 138 valence electrons. The van der Waals surface area contributed by atoms with Crippen molar-refractivity contribution in [2.45, 2.75) is 44.7 Å². The molecule has 26 heavy (non-hydrogen) atoms. The molecule has 1 fully saturated rings. The first-order valence-corrected chi connectivity index (χ1v) is 10.1. The summed E-state index contributed by atoms with van der Waals surface area (Å²) in [5.41, 5.74) is 0.891. The average Bonchev–Trinajstić information content (AvgIpc) is 3.08.